The lowest BCUT2D eigenvalue weighted by Gasteiger charge is -2.72. The van der Waals surface area contributed by atoms with Crippen LogP contribution >= 0.6 is 0 Å². The maximum atomic E-state index is 13.3. The van der Waals surface area contributed by atoms with Gasteiger partial charge in [-0.15, -0.1) is 0 Å². The van der Waals surface area contributed by atoms with Crippen LogP contribution in [-0.4, -0.2) is 79.4 Å². The number of benzene rings is 1. The first-order valence-electron chi connectivity index (χ1n) is 21.2. The molecule has 1 aromatic rings. The number of carbonyl (C=O) groups excluding carboxylic acids is 1. The van der Waals surface area contributed by atoms with Gasteiger partial charge in [0.25, 0.3) is 0 Å². The third kappa shape index (κ3) is 6.36. The quantitative estimate of drug-likeness (QED) is 0.253. The summed E-state index contributed by atoms with van der Waals surface area (Å²) in [6, 6.07) is 7.55. The number of allylic oxidation sites excluding steroid dienone is 3. The molecule has 54 heavy (non-hydrogen) atoms. The summed E-state index contributed by atoms with van der Waals surface area (Å²) in [5, 5.41) is 9.51. The van der Waals surface area contributed by atoms with Crippen molar-refractivity contribution in [3.05, 3.63) is 53.6 Å². The third-order valence-corrected chi connectivity index (χ3v) is 19.2. The Kier molecular flexibility index (Phi) is 10.2. The fourth-order valence-electron chi connectivity index (χ4n) is 14.6. The molecule has 8 heteroatoms. The van der Waals surface area contributed by atoms with Gasteiger partial charge in [-0.25, -0.2) is 13.2 Å². The lowest BCUT2D eigenvalue weighted by Crippen LogP contribution is -2.66. The van der Waals surface area contributed by atoms with E-state index in [0.717, 1.165) is 38.0 Å². The van der Waals surface area contributed by atoms with Gasteiger partial charge >= 0.3 is 5.97 Å². The number of carboxylic acid groups (broad SMARTS) is 1. The molecular formula is C46H68N2O5S. The second-order valence-electron chi connectivity index (χ2n) is 20.3. The number of carboxylic acids is 1. The van der Waals surface area contributed by atoms with Crippen molar-refractivity contribution in [2.75, 3.05) is 44.2 Å². The smallest absolute Gasteiger partial charge is 0.335 e. The van der Waals surface area contributed by atoms with Crippen LogP contribution in [0.4, 0.5) is 0 Å². The summed E-state index contributed by atoms with van der Waals surface area (Å²) in [5.74, 6) is 2.61. The SMILES string of the molecule is C=C(C)[C@@H]1CC[C@]2(CN(CCCN3CCS(=O)(=O)CC3)C(C)=O)CC[C@]3(C)[C@H](CC[C@@H]4[C@@]5(C)CC=C(c6ccc(C(=O)O)cc6)C(C)(C)[C@@H]5CC[C@]43C)[C@@H]12. The molecule has 0 spiro atoms. The predicted molar refractivity (Wildman–Crippen MR) is 218 cm³/mol. The van der Waals surface area contributed by atoms with Crippen LogP contribution in [0.25, 0.3) is 5.57 Å². The number of amides is 1. The number of sulfone groups is 1. The van der Waals surface area contributed by atoms with E-state index in [1.165, 1.54) is 62.5 Å². The van der Waals surface area contributed by atoms with E-state index in [-0.39, 0.29) is 44.5 Å². The minimum atomic E-state index is -2.90. The number of nitrogens with zero attached hydrogens (tertiary/aromatic N) is 2. The number of rotatable bonds is 9. The molecule has 7 rings (SSSR count). The maximum Gasteiger partial charge on any atom is 0.335 e. The molecule has 9 atom stereocenters. The third-order valence-electron chi connectivity index (χ3n) is 17.6. The normalized spacial score (nSPS) is 39.6. The molecule has 0 radical (unpaired) electrons. The molecule has 4 saturated carbocycles. The number of fused-ring (bicyclic) bond motifs is 7. The minimum absolute atomic E-state index is 0.0170. The van der Waals surface area contributed by atoms with Crippen molar-refractivity contribution in [1.29, 1.82) is 0 Å². The molecule has 7 nitrogen and oxygen atoms in total. The van der Waals surface area contributed by atoms with Gasteiger partial charge in [-0.1, -0.05) is 65.0 Å². The highest BCUT2D eigenvalue weighted by atomic mass is 32.2. The topological polar surface area (TPSA) is 95.0 Å². The summed E-state index contributed by atoms with van der Waals surface area (Å²) in [4.78, 5) is 29.4. The van der Waals surface area contributed by atoms with Crippen molar-refractivity contribution in [3.63, 3.8) is 0 Å². The first-order chi connectivity index (χ1) is 25.3. The van der Waals surface area contributed by atoms with Gasteiger partial charge in [0, 0.05) is 33.1 Å². The molecule has 6 aliphatic rings. The van der Waals surface area contributed by atoms with Crippen LogP contribution in [0.2, 0.25) is 0 Å². The van der Waals surface area contributed by atoms with Crippen molar-refractivity contribution in [2.45, 2.75) is 113 Å². The molecular weight excluding hydrogens is 693 g/mol. The summed E-state index contributed by atoms with van der Waals surface area (Å²) in [7, 11) is -2.90. The van der Waals surface area contributed by atoms with E-state index in [2.05, 4.69) is 64.0 Å². The van der Waals surface area contributed by atoms with Crippen LogP contribution in [-0.2, 0) is 14.6 Å². The molecule has 0 aromatic heterocycles. The summed E-state index contributed by atoms with van der Waals surface area (Å²) < 4.78 is 24.0. The average molecular weight is 761 g/mol. The Morgan fingerprint density at radius 2 is 1.57 bits per heavy atom. The van der Waals surface area contributed by atoms with Crippen LogP contribution in [0, 0.1) is 56.7 Å². The molecule has 1 saturated heterocycles. The van der Waals surface area contributed by atoms with Gasteiger partial charge in [0.2, 0.25) is 5.91 Å². The zero-order chi connectivity index (χ0) is 39.1. The highest BCUT2D eigenvalue weighted by molar-refractivity contribution is 7.91. The number of aromatic carboxylic acids is 1. The Labute approximate surface area is 326 Å². The molecule has 1 heterocycles. The van der Waals surface area contributed by atoms with Crippen molar-refractivity contribution < 1.29 is 23.1 Å². The number of hydrogen-bond donors (Lipinski definition) is 1. The first kappa shape index (κ1) is 39.8. The van der Waals surface area contributed by atoms with Gasteiger partial charge in [0.1, 0.15) is 0 Å². The van der Waals surface area contributed by atoms with Crippen LogP contribution in [0.15, 0.2) is 42.5 Å². The van der Waals surface area contributed by atoms with E-state index < -0.39 is 15.8 Å². The Morgan fingerprint density at radius 3 is 2.20 bits per heavy atom. The molecule has 5 aliphatic carbocycles. The van der Waals surface area contributed by atoms with Crippen LogP contribution in [0.1, 0.15) is 129 Å². The predicted octanol–water partition coefficient (Wildman–Crippen LogP) is 9.00. The van der Waals surface area contributed by atoms with Crippen LogP contribution in [0.5, 0.6) is 0 Å². The monoisotopic (exact) mass is 760 g/mol. The first-order valence-corrected chi connectivity index (χ1v) is 23.0. The van der Waals surface area contributed by atoms with E-state index >= 15 is 0 Å². The Morgan fingerprint density at radius 1 is 0.889 bits per heavy atom. The van der Waals surface area contributed by atoms with Crippen molar-refractivity contribution in [1.82, 2.24) is 9.80 Å². The van der Waals surface area contributed by atoms with Crippen LogP contribution in [0.3, 0.4) is 0 Å². The molecule has 1 aromatic carbocycles. The van der Waals surface area contributed by atoms with Crippen molar-refractivity contribution in [2.24, 2.45) is 56.7 Å². The van der Waals surface area contributed by atoms with Gasteiger partial charge in [0.15, 0.2) is 9.84 Å². The molecule has 1 amide bonds. The zero-order valence-electron chi connectivity index (χ0n) is 34.4. The van der Waals surface area contributed by atoms with Crippen molar-refractivity contribution >= 4 is 27.3 Å². The standard InChI is InChI=1S/C46H68N2O5S/c1-31(2)35-16-21-46(30-48(32(3)49)25-9-24-47-26-28-54(52,53)29-27-47)23-22-44(7)37(40(35)46)14-15-39-43(6)19-17-36(33-10-12-34(13-11-33)41(50)51)42(4,5)38(43)18-20-45(39,44)8/h10-13,17,35,37-40H,1,9,14-16,18-30H2,2-8H3,(H,50,51)/t35-,37+,38-,39+,40+,43-,44+,45+,46+/m0/s1. The molecule has 1 aliphatic heterocycles. The Balaban J connectivity index is 1.13. The minimum Gasteiger partial charge on any atom is -0.478 e. The van der Waals surface area contributed by atoms with Gasteiger partial charge in [0.05, 0.1) is 17.1 Å². The maximum absolute atomic E-state index is 13.3. The van der Waals surface area contributed by atoms with E-state index in [0.29, 0.717) is 48.2 Å². The van der Waals surface area contributed by atoms with Crippen molar-refractivity contribution in [3.8, 4) is 0 Å². The second kappa shape index (κ2) is 13.9. The molecule has 5 fully saturated rings. The van der Waals surface area contributed by atoms with E-state index in [1.54, 1.807) is 19.1 Å². The molecule has 0 bridgehead atoms. The summed E-state index contributed by atoms with van der Waals surface area (Å²) in [6.45, 7) is 25.1. The highest BCUT2D eigenvalue weighted by Gasteiger charge is 2.70. The van der Waals surface area contributed by atoms with E-state index in [4.69, 9.17) is 0 Å². The lowest BCUT2D eigenvalue weighted by molar-refractivity contribution is -0.226. The van der Waals surface area contributed by atoms with Gasteiger partial charge in [-0.05, 0) is 158 Å². The molecule has 0 unspecified atom stereocenters. The largest absolute Gasteiger partial charge is 0.478 e. The number of hydrogen-bond acceptors (Lipinski definition) is 5. The Bertz CT molecular complexity index is 1790. The lowest BCUT2D eigenvalue weighted by atomic mass is 9.32. The fraction of sp³-hybridized carbons (Fsp3) is 0.739. The van der Waals surface area contributed by atoms with Gasteiger partial charge in [-0.2, -0.15) is 0 Å². The fourth-order valence-corrected chi connectivity index (χ4v) is 15.9. The van der Waals surface area contributed by atoms with Crippen LogP contribution < -0.4 is 0 Å². The van der Waals surface area contributed by atoms with Gasteiger partial charge < -0.3 is 14.9 Å². The van der Waals surface area contributed by atoms with E-state index in [9.17, 15) is 23.1 Å². The zero-order valence-corrected chi connectivity index (χ0v) is 35.2. The number of carbonyl (C=O) groups is 2. The summed E-state index contributed by atoms with van der Waals surface area (Å²) >= 11 is 0. The average Bonchev–Trinajstić information content (AvgIpc) is 3.48. The van der Waals surface area contributed by atoms with E-state index in [1.807, 2.05) is 12.1 Å². The second-order valence-corrected chi connectivity index (χ2v) is 22.6. The summed E-state index contributed by atoms with van der Waals surface area (Å²) in [6.07, 6.45) is 14.2. The van der Waals surface area contributed by atoms with Gasteiger partial charge in [-0.3, -0.25) is 4.79 Å². The summed E-state index contributed by atoms with van der Waals surface area (Å²) in [5.41, 5.74) is 4.93. The molecule has 298 valence electrons. The highest BCUT2D eigenvalue weighted by Crippen LogP contribution is 2.77. The Hall–Kier alpha value is -2.45. The molecule has 1 N–H and O–H groups in total.